The standard InChI is InChI=1S/C12H10N4O4S/c17-9-5-14-12(15-11(9)18)21(19,20)7-8-1-2-10-13-3-4-16(10)6-8/h1-6,17H,7H2,(H,14,15,18). The van der Waals surface area contributed by atoms with E-state index in [0.29, 0.717) is 11.2 Å². The fraction of sp³-hybridized carbons (Fsp3) is 0.0833. The second-order valence-corrected chi connectivity index (χ2v) is 6.30. The van der Waals surface area contributed by atoms with E-state index in [4.69, 9.17) is 5.11 Å². The third-order valence-corrected chi connectivity index (χ3v) is 4.37. The summed E-state index contributed by atoms with van der Waals surface area (Å²) in [4.78, 5) is 20.9. The third kappa shape index (κ3) is 2.50. The number of nitrogens with one attached hydrogen (secondary N) is 1. The minimum atomic E-state index is -3.82. The zero-order valence-corrected chi connectivity index (χ0v) is 11.4. The van der Waals surface area contributed by atoms with Crippen LogP contribution in [0.5, 0.6) is 5.75 Å². The SMILES string of the molecule is O=c1[nH]c(S(=O)(=O)Cc2ccc3nccn3c2)ncc1O. The van der Waals surface area contributed by atoms with Crippen LogP contribution in [0.1, 0.15) is 5.56 Å². The van der Waals surface area contributed by atoms with Crippen molar-refractivity contribution in [1.82, 2.24) is 19.4 Å². The zero-order chi connectivity index (χ0) is 15.0. The normalized spacial score (nSPS) is 11.8. The Morgan fingerprint density at radius 1 is 1.29 bits per heavy atom. The number of imidazole rings is 1. The molecule has 0 atom stereocenters. The first kappa shape index (κ1) is 13.3. The molecule has 0 radical (unpaired) electrons. The van der Waals surface area contributed by atoms with Gasteiger partial charge in [0, 0.05) is 18.6 Å². The molecule has 3 rings (SSSR count). The Morgan fingerprint density at radius 2 is 2.10 bits per heavy atom. The molecule has 3 aromatic heterocycles. The zero-order valence-electron chi connectivity index (χ0n) is 10.6. The van der Waals surface area contributed by atoms with E-state index in [1.54, 1.807) is 35.1 Å². The smallest absolute Gasteiger partial charge is 0.293 e. The second-order valence-electron chi connectivity index (χ2n) is 4.39. The first-order valence-electron chi connectivity index (χ1n) is 5.88. The molecule has 0 amide bonds. The van der Waals surface area contributed by atoms with Crippen LogP contribution in [0.2, 0.25) is 0 Å². The Hall–Kier alpha value is -2.68. The summed E-state index contributed by atoms with van der Waals surface area (Å²) >= 11 is 0. The van der Waals surface area contributed by atoms with Gasteiger partial charge in [-0.2, -0.15) is 0 Å². The van der Waals surface area contributed by atoms with Gasteiger partial charge in [0.2, 0.25) is 15.0 Å². The summed E-state index contributed by atoms with van der Waals surface area (Å²) < 4.78 is 26.1. The van der Waals surface area contributed by atoms with Crippen LogP contribution in [0.4, 0.5) is 0 Å². The lowest BCUT2D eigenvalue weighted by Gasteiger charge is -2.04. The van der Waals surface area contributed by atoms with E-state index < -0.39 is 26.3 Å². The second kappa shape index (κ2) is 4.70. The van der Waals surface area contributed by atoms with Crippen LogP contribution in [0.3, 0.4) is 0 Å². The summed E-state index contributed by atoms with van der Waals surface area (Å²) in [6, 6.07) is 3.33. The van der Waals surface area contributed by atoms with Gasteiger partial charge in [-0.15, -0.1) is 0 Å². The van der Waals surface area contributed by atoms with E-state index >= 15 is 0 Å². The predicted octanol–water partition coefficient (Wildman–Crippen LogP) is 0.0971. The van der Waals surface area contributed by atoms with Crippen LogP contribution in [-0.4, -0.2) is 32.9 Å². The molecule has 0 aliphatic heterocycles. The minimum Gasteiger partial charge on any atom is -0.502 e. The maximum atomic E-state index is 12.2. The highest BCUT2D eigenvalue weighted by Gasteiger charge is 2.19. The largest absolute Gasteiger partial charge is 0.502 e. The lowest BCUT2D eigenvalue weighted by atomic mass is 10.3. The number of hydrogen-bond donors (Lipinski definition) is 2. The van der Waals surface area contributed by atoms with Crippen molar-refractivity contribution in [3.63, 3.8) is 0 Å². The highest BCUT2D eigenvalue weighted by Crippen LogP contribution is 2.13. The van der Waals surface area contributed by atoms with Crippen LogP contribution >= 0.6 is 0 Å². The van der Waals surface area contributed by atoms with Gasteiger partial charge in [0.25, 0.3) is 5.56 Å². The Morgan fingerprint density at radius 3 is 2.86 bits per heavy atom. The monoisotopic (exact) mass is 306 g/mol. The average molecular weight is 306 g/mol. The van der Waals surface area contributed by atoms with E-state index in [2.05, 4.69) is 9.97 Å². The van der Waals surface area contributed by atoms with Crippen LogP contribution < -0.4 is 5.56 Å². The number of hydrogen-bond acceptors (Lipinski definition) is 6. The van der Waals surface area contributed by atoms with Crippen molar-refractivity contribution in [2.24, 2.45) is 0 Å². The van der Waals surface area contributed by atoms with Crippen molar-refractivity contribution >= 4 is 15.5 Å². The molecule has 0 fully saturated rings. The molecule has 0 spiro atoms. The highest BCUT2D eigenvalue weighted by molar-refractivity contribution is 7.90. The first-order chi connectivity index (χ1) is 9.95. The number of aromatic hydroxyl groups is 1. The Kier molecular flexibility index (Phi) is 2.98. The summed E-state index contributed by atoms with van der Waals surface area (Å²) in [7, 11) is -3.82. The van der Waals surface area contributed by atoms with E-state index in [-0.39, 0.29) is 5.75 Å². The fourth-order valence-electron chi connectivity index (χ4n) is 1.87. The summed E-state index contributed by atoms with van der Waals surface area (Å²) in [5, 5.41) is 8.61. The van der Waals surface area contributed by atoms with Crippen molar-refractivity contribution in [2.75, 3.05) is 0 Å². The number of aromatic amines is 1. The van der Waals surface area contributed by atoms with Crippen molar-refractivity contribution in [3.05, 3.63) is 52.8 Å². The Bertz CT molecular complexity index is 974. The first-order valence-corrected chi connectivity index (χ1v) is 7.53. The number of rotatable bonds is 3. The van der Waals surface area contributed by atoms with Gasteiger partial charge < -0.3 is 9.51 Å². The molecule has 0 aromatic carbocycles. The van der Waals surface area contributed by atoms with E-state index in [1.165, 1.54) is 0 Å². The number of fused-ring (bicyclic) bond motifs is 1. The van der Waals surface area contributed by atoms with Gasteiger partial charge in [-0.3, -0.25) is 9.78 Å². The van der Waals surface area contributed by atoms with Gasteiger partial charge in [-0.1, -0.05) is 6.07 Å². The summed E-state index contributed by atoms with van der Waals surface area (Å²) in [5.41, 5.74) is 0.331. The molecule has 0 unspecified atom stereocenters. The van der Waals surface area contributed by atoms with E-state index in [9.17, 15) is 13.2 Å². The van der Waals surface area contributed by atoms with Crippen molar-refractivity contribution in [3.8, 4) is 5.75 Å². The molecule has 0 bridgehead atoms. The van der Waals surface area contributed by atoms with Gasteiger partial charge >= 0.3 is 0 Å². The summed E-state index contributed by atoms with van der Waals surface area (Å²) in [5.74, 6) is -0.955. The van der Waals surface area contributed by atoms with Crippen LogP contribution in [0.25, 0.3) is 5.65 Å². The summed E-state index contributed by atoms with van der Waals surface area (Å²) in [6.07, 6.45) is 5.75. The maximum absolute atomic E-state index is 12.2. The van der Waals surface area contributed by atoms with E-state index in [0.717, 1.165) is 6.20 Å². The summed E-state index contributed by atoms with van der Waals surface area (Å²) in [6.45, 7) is 0. The minimum absolute atomic E-state index is 0.325. The molecular weight excluding hydrogens is 296 g/mol. The number of H-pyrrole nitrogens is 1. The Labute approximate surface area is 118 Å². The fourth-order valence-corrected chi connectivity index (χ4v) is 3.08. The van der Waals surface area contributed by atoms with Gasteiger partial charge in [0.15, 0.2) is 5.75 Å². The molecule has 3 aromatic rings. The predicted molar refractivity (Wildman–Crippen MR) is 72.6 cm³/mol. The van der Waals surface area contributed by atoms with Gasteiger partial charge in [0.1, 0.15) is 5.65 Å². The average Bonchev–Trinajstić information content (AvgIpc) is 2.88. The molecular formula is C12H10N4O4S. The molecule has 0 saturated heterocycles. The molecule has 0 aliphatic carbocycles. The van der Waals surface area contributed by atoms with Crippen molar-refractivity contribution < 1.29 is 13.5 Å². The third-order valence-electron chi connectivity index (χ3n) is 2.86. The van der Waals surface area contributed by atoms with Gasteiger partial charge in [-0.25, -0.2) is 18.4 Å². The Balaban J connectivity index is 1.98. The number of nitrogens with zero attached hydrogens (tertiary/aromatic N) is 3. The highest BCUT2D eigenvalue weighted by atomic mass is 32.2. The molecule has 0 saturated carbocycles. The topological polar surface area (TPSA) is 117 Å². The number of sulfone groups is 1. The van der Waals surface area contributed by atoms with Crippen LogP contribution in [0.15, 0.2) is 46.9 Å². The quantitative estimate of drug-likeness (QED) is 0.663. The molecule has 2 N–H and O–H groups in total. The van der Waals surface area contributed by atoms with Crippen molar-refractivity contribution in [2.45, 2.75) is 10.9 Å². The van der Waals surface area contributed by atoms with E-state index in [1.807, 2.05) is 4.98 Å². The molecule has 108 valence electrons. The maximum Gasteiger partial charge on any atom is 0.293 e. The number of pyridine rings is 1. The molecule has 21 heavy (non-hydrogen) atoms. The van der Waals surface area contributed by atoms with Crippen LogP contribution in [-0.2, 0) is 15.6 Å². The van der Waals surface area contributed by atoms with Crippen LogP contribution in [0, 0.1) is 0 Å². The molecule has 8 nitrogen and oxygen atoms in total. The van der Waals surface area contributed by atoms with Crippen molar-refractivity contribution in [1.29, 1.82) is 0 Å². The number of aromatic nitrogens is 4. The van der Waals surface area contributed by atoms with Gasteiger partial charge in [0.05, 0.1) is 11.9 Å². The lowest BCUT2D eigenvalue weighted by molar-refractivity contribution is 0.459. The molecule has 3 heterocycles. The van der Waals surface area contributed by atoms with Gasteiger partial charge in [-0.05, 0) is 11.6 Å². The molecule has 0 aliphatic rings. The lowest BCUT2D eigenvalue weighted by Crippen LogP contribution is -2.16. The molecule has 9 heteroatoms.